The van der Waals surface area contributed by atoms with Crippen LogP contribution in [0.2, 0.25) is 0 Å². The van der Waals surface area contributed by atoms with Crippen LogP contribution in [-0.2, 0) is 16.9 Å². The number of sulfone groups is 1. The molecule has 7 heteroatoms. The van der Waals surface area contributed by atoms with Gasteiger partial charge in [-0.05, 0) is 13.3 Å². The van der Waals surface area contributed by atoms with Crippen LogP contribution in [0, 0.1) is 18.3 Å². The highest BCUT2D eigenvalue weighted by molar-refractivity contribution is 7.91. The second-order valence-electron chi connectivity index (χ2n) is 3.36. The van der Waals surface area contributed by atoms with E-state index in [1.54, 1.807) is 6.92 Å². The summed E-state index contributed by atoms with van der Waals surface area (Å²) in [6.45, 7) is 1.61. The molecule has 5 nitrogen and oxygen atoms in total. The molecule has 1 rings (SSSR count). The second-order valence-corrected chi connectivity index (χ2v) is 5.76. The maximum Gasteiger partial charge on any atom is 0.196 e. The molecule has 1 aromatic heterocycles. The molecule has 0 unspecified atom stereocenters. The van der Waals surface area contributed by atoms with E-state index in [1.807, 2.05) is 6.07 Å². The predicted octanol–water partition coefficient (Wildman–Crippen LogP) is 1.00. The predicted molar refractivity (Wildman–Crippen MR) is 60.0 cm³/mol. The quantitative estimate of drug-likeness (QED) is 0.758. The molecule has 0 atom stereocenters. The van der Waals surface area contributed by atoms with Crippen molar-refractivity contribution in [2.24, 2.45) is 7.05 Å². The molecule has 0 N–H and O–H groups in total. The van der Waals surface area contributed by atoms with Crippen molar-refractivity contribution in [3.8, 4) is 6.07 Å². The Labute approximate surface area is 99.5 Å². The summed E-state index contributed by atoms with van der Waals surface area (Å²) in [6, 6.07) is 1.87. The fraction of sp³-hybridized carbons (Fsp3) is 0.556. The molecule has 88 valence electrons. The van der Waals surface area contributed by atoms with Crippen molar-refractivity contribution in [1.82, 2.24) is 9.78 Å². The molecule has 0 spiro atoms. The Morgan fingerprint density at radius 1 is 1.56 bits per heavy atom. The zero-order chi connectivity index (χ0) is 12.3. The van der Waals surface area contributed by atoms with E-state index < -0.39 is 9.84 Å². The molecule has 0 bridgehead atoms. The molecular formula is C9H12ClN3O2S. The monoisotopic (exact) mass is 261 g/mol. The van der Waals surface area contributed by atoms with E-state index in [-0.39, 0.29) is 22.2 Å². The van der Waals surface area contributed by atoms with Crippen molar-refractivity contribution < 1.29 is 8.42 Å². The Kier molecular flexibility index (Phi) is 3.94. The van der Waals surface area contributed by atoms with Crippen molar-refractivity contribution in [3.05, 3.63) is 11.3 Å². The molecule has 0 amide bonds. The third-order valence-corrected chi connectivity index (χ3v) is 4.27. The smallest absolute Gasteiger partial charge is 0.196 e. The Morgan fingerprint density at radius 3 is 2.69 bits per heavy atom. The van der Waals surface area contributed by atoms with Gasteiger partial charge in [-0.1, -0.05) is 0 Å². The molecular weight excluding hydrogens is 250 g/mol. The van der Waals surface area contributed by atoms with Gasteiger partial charge in [0.1, 0.15) is 11.6 Å². The summed E-state index contributed by atoms with van der Waals surface area (Å²) in [5.74, 6) is 0.210. The van der Waals surface area contributed by atoms with Gasteiger partial charge in [0.25, 0.3) is 0 Å². The Balaban J connectivity index is 3.28. The Morgan fingerprint density at radius 2 is 2.19 bits per heavy atom. The minimum atomic E-state index is -3.48. The van der Waals surface area contributed by atoms with Gasteiger partial charge in [0.2, 0.25) is 0 Å². The maximum absolute atomic E-state index is 11.9. The van der Waals surface area contributed by atoms with E-state index >= 15 is 0 Å². The summed E-state index contributed by atoms with van der Waals surface area (Å²) >= 11 is 5.46. The molecule has 0 radical (unpaired) electrons. The lowest BCUT2D eigenvalue weighted by Crippen LogP contribution is -2.13. The van der Waals surface area contributed by atoms with Crippen LogP contribution in [0.25, 0.3) is 0 Å². The van der Waals surface area contributed by atoms with Gasteiger partial charge in [-0.2, -0.15) is 10.4 Å². The van der Waals surface area contributed by atoms with E-state index in [2.05, 4.69) is 5.10 Å². The number of alkyl halides is 1. The average molecular weight is 262 g/mol. The average Bonchev–Trinajstić information content (AvgIpc) is 2.50. The molecule has 0 fully saturated rings. The molecule has 0 aliphatic rings. The maximum atomic E-state index is 11.9. The first kappa shape index (κ1) is 13.0. The first-order valence-corrected chi connectivity index (χ1v) is 6.85. The zero-order valence-electron chi connectivity index (χ0n) is 9.07. The molecule has 16 heavy (non-hydrogen) atoms. The number of aromatic nitrogens is 2. The lowest BCUT2D eigenvalue weighted by atomic mass is 10.3. The van der Waals surface area contributed by atoms with Gasteiger partial charge >= 0.3 is 0 Å². The fourth-order valence-corrected chi connectivity index (χ4v) is 3.42. The molecule has 1 aromatic rings. The summed E-state index contributed by atoms with van der Waals surface area (Å²) in [7, 11) is -1.97. The number of hydrogen-bond donors (Lipinski definition) is 0. The van der Waals surface area contributed by atoms with E-state index in [0.717, 1.165) is 0 Å². The number of aryl methyl sites for hydroxylation is 2. The van der Waals surface area contributed by atoms with E-state index in [0.29, 0.717) is 12.1 Å². The number of halogens is 1. The first-order chi connectivity index (χ1) is 7.44. The van der Waals surface area contributed by atoms with E-state index in [4.69, 9.17) is 16.9 Å². The summed E-state index contributed by atoms with van der Waals surface area (Å²) in [4.78, 5) is 0. The van der Waals surface area contributed by atoms with Crippen molar-refractivity contribution in [3.63, 3.8) is 0 Å². The molecule has 0 saturated heterocycles. The molecule has 0 saturated carbocycles. The van der Waals surface area contributed by atoms with Crippen LogP contribution in [0.15, 0.2) is 5.03 Å². The molecule has 0 aliphatic heterocycles. The van der Waals surface area contributed by atoms with Crippen LogP contribution in [0.3, 0.4) is 0 Å². The number of hydrogen-bond acceptors (Lipinski definition) is 4. The lowest BCUT2D eigenvalue weighted by molar-refractivity contribution is 0.575. The topological polar surface area (TPSA) is 75.8 Å². The van der Waals surface area contributed by atoms with Gasteiger partial charge in [0, 0.05) is 12.9 Å². The van der Waals surface area contributed by atoms with Gasteiger partial charge in [-0.25, -0.2) is 8.42 Å². The summed E-state index contributed by atoms with van der Waals surface area (Å²) in [6.07, 6.45) is 0.360. The van der Waals surface area contributed by atoms with Gasteiger partial charge < -0.3 is 0 Å². The van der Waals surface area contributed by atoms with Gasteiger partial charge in [0.15, 0.2) is 14.9 Å². The van der Waals surface area contributed by atoms with Crippen LogP contribution < -0.4 is 0 Å². The largest absolute Gasteiger partial charge is 0.256 e. The zero-order valence-corrected chi connectivity index (χ0v) is 10.6. The fourth-order valence-electron chi connectivity index (χ4n) is 1.46. The van der Waals surface area contributed by atoms with Gasteiger partial charge in [-0.15, -0.1) is 11.6 Å². The minimum absolute atomic E-state index is 0.0161. The van der Waals surface area contributed by atoms with Crippen LogP contribution in [0.1, 0.15) is 17.7 Å². The summed E-state index contributed by atoms with van der Waals surface area (Å²) in [5, 5.41) is 12.8. The third kappa shape index (κ3) is 2.36. The van der Waals surface area contributed by atoms with Crippen molar-refractivity contribution in [2.45, 2.75) is 18.4 Å². The summed E-state index contributed by atoms with van der Waals surface area (Å²) < 4.78 is 25.1. The van der Waals surface area contributed by atoms with Crippen LogP contribution >= 0.6 is 11.6 Å². The standard InChI is InChI=1S/C9H12ClN3O2S/c1-7-8(6-11)9(13(2)12-7)16(14,15)5-3-4-10/h3-5H2,1-2H3. The second kappa shape index (κ2) is 4.85. The highest BCUT2D eigenvalue weighted by Crippen LogP contribution is 2.19. The molecule has 1 heterocycles. The van der Waals surface area contributed by atoms with E-state index in [1.165, 1.54) is 11.7 Å². The Hall–Kier alpha value is -1.06. The number of rotatable bonds is 4. The van der Waals surface area contributed by atoms with Crippen LogP contribution in [-0.4, -0.2) is 29.8 Å². The Bertz CT molecular complexity index is 528. The SMILES string of the molecule is Cc1nn(C)c(S(=O)(=O)CCCCl)c1C#N. The number of nitriles is 1. The normalized spacial score (nSPS) is 11.4. The highest BCUT2D eigenvalue weighted by Gasteiger charge is 2.25. The van der Waals surface area contributed by atoms with Crippen molar-refractivity contribution in [2.75, 3.05) is 11.6 Å². The van der Waals surface area contributed by atoms with E-state index in [9.17, 15) is 8.42 Å². The van der Waals surface area contributed by atoms with Gasteiger partial charge in [0.05, 0.1) is 11.4 Å². The first-order valence-electron chi connectivity index (χ1n) is 4.66. The van der Waals surface area contributed by atoms with Crippen LogP contribution in [0.4, 0.5) is 0 Å². The van der Waals surface area contributed by atoms with Crippen molar-refractivity contribution >= 4 is 21.4 Å². The van der Waals surface area contributed by atoms with Gasteiger partial charge in [-0.3, -0.25) is 4.68 Å². The summed E-state index contributed by atoms with van der Waals surface area (Å²) in [5.41, 5.74) is 0.548. The lowest BCUT2D eigenvalue weighted by Gasteiger charge is -2.03. The highest BCUT2D eigenvalue weighted by atomic mass is 35.5. The van der Waals surface area contributed by atoms with Crippen molar-refractivity contribution in [1.29, 1.82) is 5.26 Å². The third-order valence-electron chi connectivity index (χ3n) is 2.12. The number of nitrogens with zero attached hydrogens (tertiary/aromatic N) is 3. The molecule has 0 aliphatic carbocycles. The minimum Gasteiger partial charge on any atom is -0.256 e. The molecule has 0 aromatic carbocycles. The van der Waals surface area contributed by atoms with Crippen LogP contribution in [0.5, 0.6) is 0 Å².